The van der Waals surface area contributed by atoms with Crippen molar-refractivity contribution >= 4 is 5.82 Å². The summed E-state index contributed by atoms with van der Waals surface area (Å²) in [5.74, 6) is 2.12. The number of anilines is 1. The molecule has 0 aromatic carbocycles. The minimum absolute atomic E-state index is 0.354. The number of rotatable bonds is 6. The fourth-order valence-corrected chi connectivity index (χ4v) is 2.68. The van der Waals surface area contributed by atoms with E-state index in [1.165, 1.54) is 0 Å². The first-order chi connectivity index (χ1) is 11.8. The number of aromatic nitrogens is 3. The maximum absolute atomic E-state index is 5.82. The van der Waals surface area contributed by atoms with E-state index in [-0.39, 0.29) is 0 Å². The van der Waals surface area contributed by atoms with Crippen LogP contribution in [0.25, 0.3) is 0 Å². The molecule has 0 unspecified atom stereocenters. The average molecular weight is 329 g/mol. The van der Waals surface area contributed by atoms with Crippen LogP contribution in [-0.4, -0.2) is 53.8 Å². The minimum Gasteiger partial charge on any atom is -0.488 e. The molecule has 3 rings (SSSR count). The number of hydrogen-bond donors (Lipinski definition) is 1. The normalized spacial score (nSPS) is 17.6. The molecule has 0 spiro atoms. The van der Waals surface area contributed by atoms with Crippen molar-refractivity contribution in [2.45, 2.75) is 19.9 Å². The van der Waals surface area contributed by atoms with E-state index >= 15 is 0 Å². The fraction of sp³-hybridized carbons (Fsp3) is 0.471. The summed E-state index contributed by atoms with van der Waals surface area (Å²) < 4.78 is 11.5. The van der Waals surface area contributed by atoms with Crippen molar-refractivity contribution in [2.24, 2.45) is 0 Å². The van der Waals surface area contributed by atoms with Crippen molar-refractivity contribution in [3.8, 4) is 11.6 Å². The Bertz CT molecular complexity index is 667. The summed E-state index contributed by atoms with van der Waals surface area (Å²) in [6.45, 7) is 7.67. The van der Waals surface area contributed by atoms with Gasteiger partial charge in [-0.3, -0.25) is 4.98 Å². The fourth-order valence-electron chi connectivity index (χ4n) is 2.68. The number of pyridine rings is 1. The van der Waals surface area contributed by atoms with Crippen LogP contribution in [-0.2, 0) is 0 Å². The van der Waals surface area contributed by atoms with Gasteiger partial charge < -0.3 is 19.7 Å². The number of nitrogens with zero attached hydrogens (tertiary/aromatic N) is 4. The quantitative estimate of drug-likeness (QED) is 0.804. The van der Waals surface area contributed by atoms with E-state index in [0.717, 1.165) is 36.9 Å². The number of ether oxygens (including phenoxy) is 2. The molecule has 7 nitrogen and oxygen atoms in total. The Balaban J connectivity index is 1.58. The molecular formula is C17H23N5O2. The van der Waals surface area contributed by atoms with Gasteiger partial charge >= 0.3 is 0 Å². The highest BCUT2D eigenvalue weighted by atomic mass is 16.5. The van der Waals surface area contributed by atoms with Crippen LogP contribution < -0.4 is 19.7 Å². The molecule has 128 valence electrons. The van der Waals surface area contributed by atoms with Crippen molar-refractivity contribution in [2.75, 3.05) is 37.7 Å². The molecule has 24 heavy (non-hydrogen) atoms. The van der Waals surface area contributed by atoms with Crippen molar-refractivity contribution < 1.29 is 9.47 Å². The molecule has 2 aromatic rings. The van der Waals surface area contributed by atoms with Gasteiger partial charge in [-0.05, 0) is 26.0 Å². The van der Waals surface area contributed by atoms with E-state index < -0.39 is 0 Å². The van der Waals surface area contributed by atoms with Gasteiger partial charge in [-0.25, -0.2) is 9.97 Å². The minimum atomic E-state index is 0.354. The molecule has 0 amide bonds. The Labute approximate surface area is 142 Å². The predicted octanol–water partition coefficient (Wildman–Crippen LogP) is 1.44. The summed E-state index contributed by atoms with van der Waals surface area (Å²) in [5, 5.41) is 3.37. The number of aryl methyl sites for hydroxylation is 1. The maximum atomic E-state index is 5.82. The molecule has 1 aliphatic heterocycles. The smallest absolute Gasteiger partial charge is 0.257 e. The second-order valence-electron chi connectivity index (χ2n) is 5.72. The molecule has 2 aromatic heterocycles. The Hall–Kier alpha value is -2.41. The first kappa shape index (κ1) is 16.4. The lowest BCUT2D eigenvalue weighted by atomic mass is 10.2. The predicted molar refractivity (Wildman–Crippen MR) is 91.7 cm³/mol. The maximum Gasteiger partial charge on any atom is 0.257 e. The van der Waals surface area contributed by atoms with Gasteiger partial charge in [-0.1, -0.05) is 0 Å². The Morgan fingerprint density at radius 3 is 2.83 bits per heavy atom. The van der Waals surface area contributed by atoms with E-state index in [2.05, 4.69) is 32.1 Å². The lowest BCUT2D eigenvalue weighted by molar-refractivity contribution is 0.210. The third-order valence-electron chi connectivity index (χ3n) is 3.96. The zero-order valence-corrected chi connectivity index (χ0v) is 14.1. The van der Waals surface area contributed by atoms with Crippen LogP contribution in [0.3, 0.4) is 0 Å². The van der Waals surface area contributed by atoms with Crippen LogP contribution in [0, 0.1) is 6.92 Å². The van der Waals surface area contributed by atoms with E-state index in [9.17, 15) is 0 Å². The van der Waals surface area contributed by atoms with Crippen LogP contribution in [0.5, 0.6) is 11.6 Å². The molecule has 0 bridgehead atoms. The van der Waals surface area contributed by atoms with Crippen LogP contribution in [0.1, 0.15) is 12.6 Å². The van der Waals surface area contributed by atoms with E-state index in [1.807, 2.05) is 19.1 Å². The molecule has 1 saturated heterocycles. The van der Waals surface area contributed by atoms with E-state index in [1.54, 1.807) is 18.6 Å². The SMILES string of the molecule is Cc1ncccc1OCCOc1nccnc1N1CCNC[C@H]1C. The van der Waals surface area contributed by atoms with Gasteiger partial charge in [0.15, 0.2) is 5.82 Å². The monoisotopic (exact) mass is 329 g/mol. The molecule has 1 atom stereocenters. The Morgan fingerprint density at radius 1 is 1.17 bits per heavy atom. The standard InChI is InChI=1S/C17H23N5O2/c1-13-12-18-8-9-22(13)16-17(21-7-6-20-16)24-11-10-23-15-4-3-5-19-14(15)2/h3-7,13,18H,8-12H2,1-2H3/t13-/m1/s1. The third-order valence-corrected chi connectivity index (χ3v) is 3.96. The largest absolute Gasteiger partial charge is 0.488 e. The summed E-state index contributed by atoms with van der Waals surface area (Å²) >= 11 is 0. The lowest BCUT2D eigenvalue weighted by Crippen LogP contribution is -2.50. The van der Waals surface area contributed by atoms with Crippen molar-refractivity contribution in [3.63, 3.8) is 0 Å². The second kappa shape index (κ2) is 7.92. The van der Waals surface area contributed by atoms with Gasteiger partial charge in [0.2, 0.25) is 0 Å². The average Bonchev–Trinajstić information content (AvgIpc) is 2.61. The summed E-state index contributed by atoms with van der Waals surface area (Å²) in [4.78, 5) is 15.2. The summed E-state index contributed by atoms with van der Waals surface area (Å²) in [6, 6.07) is 4.11. The van der Waals surface area contributed by atoms with Crippen LogP contribution >= 0.6 is 0 Å². The van der Waals surface area contributed by atoms with Crippen molar-refractivity contribution in [1.82, 2.24) is 20.3 Å². The Kier molecular flexibility index (Phi) is 5.43. The molecular weight excluding hydrogens is 306 g/mol. The molecule has 3 heterocycles. The highest BCUT2D eigenvalue weighted by Crippen LogP contribution is 2.25. The van der Waals surface area contributed by atoms with Gasteiger partial charge in [0.25, 0.3) is 5.88 Å². The molecule has 0 saturated carbocycles. The van der Waals surface area contributed by atoms with Gasteiger partial charge in [0, 0.05) is 44.3 Å². The zero-order chi connectivity index (χ0) is 16.8. The van der Waals surface area contributed by atoms with Gasteiger partial charge in [0.05, 0.1) is 5.69 Å². The third kappa shape index (κ3) is 3.91. The molecule has 7 heteroatoms. The van der Waals surface area contributed by atoms with Crippen molar-refractivity contribution in [3.05, 3.63) is 36.4 Å². The molecule has 1 N–H and O–H groups in total. The molecule has 1 aliphatic rings. The summed E-state index contributed by atoms with van der Waals surface area (Å²) in [7, 11) is 0. The summed E-state index contributed by atoms with van der Waals surface area (Å²) in [5.41, 5.74) is 0.868. The number of hydrogen-bond acceptors (Lipinski definition) is 7. The number of piperazine rings is 1. The van der Waals surface area contributed by atoms with Crippen LogP contribution in [0.2, 0.25) is 0 Å². The highest BCUT2D eigenvalue weighted by Gasteiger charge is 2.23. The van der Waals surface area contributed by atoms with Crippen LogP contribution in [0.15, 0.2) is 30.7 Å². The molecule has 0 aliphatic carbocycles. The number of nitrogens with one attached hydrogen (secondary N) is 1. The van der Waals surface area contributed by atoms with E-state index in [4.69, 9.17) is 9.47 Å². The molecule has 0 radical (unpaired) electrons. The van der Waals surface area contributed by atoms with Gasteiger partial charge in [-0.2, -0.15) is 0 Å². The first-order valence-corrected chi connectivity index (χ1v) is 8.21. The Morgan fingerprint density at radius 2 is 2.00 bits per heavy atom. The van der Waals surface area contributed by atoms with Crippen LogP contribution in [0.4, 0.5) is 5.82 Å². The lowest BCUT2D eigenvalue weighted by Gasteiger charge is -2.35. The van der Waals surface area contributed by atoms with Gasteiger partial charge in [-0.15, -0.1) is 0 Å². The topological polar surface area (TPSA) is 72.4 Å². The first-order valence-electron chi connectivity index (χ1n) is 8.21. The van der Waals surface area contributed by atoms with Gasteiger partial charge in [0.1, 0.15) is 19.0 Å². The second-order valence-corrected chi connectivity index (χ2v) is 5.72. The highest BCUT2D eigenvalue weighted by molar-refractivity contribution is 5.49. The summed E-state index contributed by atoms with van der Waals surface area (Å²) in [6.07, 6.45) is 5.10. The van der Waals surface area contributed by atoms with E-state index in [0.29, 0.717) is 25.1 Å². The molecule has 1 fully saturated rings. The van der Waals surface area contributed by atoms with Crippen molar-refractivity contribution in [1.29, 1.82) is 0 Å². The zero-order valence-electron chi connectivity index (χ0n) is 14.1.